The number of hydrogen-bond donors (Lipinski definition) is 6. The summed E-state index contributed by atoms with van der Waals surface area (Å²) in [6, 6.07) is 44.0. The van der Waals surface area contributed by atoms with Crippen molar-refractivity contribution < 1.29 is 57.2 Å². The predicted molar refractivity (Wildman–Crippen MR) is 315 cm³/mol. The van der Waals surface area contributed by atoms with Crippen molar-refractivity contribution in [3.05, 3.63) is 179 Å². The highest BCUT2D eigenvalue weighted by Crippen LogP contribution is 2.47. The molecule has 0 fully saturated rings. The van der Waals surface area contributed by atoms with E-state index in [1.165, 1.54) is 21.3 Å². The van der Waals surface area contributed by atoms with Gasteiger partial charge in [0.15, 0.2) is 0 Å². The number of carbonyl (C=O) groups excluding carboxylic acids is 6. The van der Waals surface area contributed by atoms with Crippen molar-refractivity contribution in [2.75, 3.05) is 41.2 Å². The maximum atomic E-state index is 12.1. The minimum atomic E-state index is -0.944. The number of nitrogens with two attached hydrogens (primary N) is 3. The van der Waals surface area contributed by atoms with E-state index in [1.54, 1.807) is 20.8 Å². The normalized spacial score (nSPS) is 14.2. The van der Waals surface area contributed by atoms with Crippen LogP contribution in [0.2, 0.25) is 0 Å². The first-order valence-corrected chi connectivity index (χ1v) is 25.4. The van der Waals surface area contributed by atoms with Crippen molar-refractivity contribution in [2.24, 2.45) is 17.2 Å². The number of methoxy groups -OCH3 is 3. The molecule has 0 aromatic heterocycles. The molecule has 0 radical (unpaired) electrons. The summed E-state index contributed by atoms with van der Waals surface area (Å²) < 4.78 is 30.0. The lowest BCUT2D eigenvalue weighted by Crippen LogP contribution is -2.50. The molecular formula is C60H69Cl3N6O12. The van der Waals surface area contributed by atoms with Gasteiger partial charge in [-0.2, -0.15) is 0 Å². The van der Waals surface area contributed by atoms with Gasteiger partial charge in [-0.1, -0.05) is 146 Å². The molecule has 3 aliphatic rings. The second-order valence-electron chi connectivity index (χ2n) is 18.9. The van der Waals surface area contributed by atoms with E-state index in [1.807, 2.05) is 72.8 Å². The van der Waals surface area contributed by atoms with Gasteiger partial charge in [0.2, 0.25) is 0 Å². The number of benzene rings is 6. The quantitative estimate of drug-likeness (QED) is 0.0415. The predicted octanol–water partition coefficient (Wildman–Crippen LogP) is 8.51. The van der Waals surface area contributed by atoms with Crippen molar-refractivity contribution in [1.29, 1.82) is 0 Å². The van der Waals surface area contributed by atoms with Crippen LogP contribution in [-0.4, -0.2) is 114 Å². The molecule has 18 nitrogen and oxygen atoms in total. The molecule has 0 saturated heterocycles. The van der Waals surface area contributed by atoms with Crippen LogP contribution in [0.25, 0.3) is 33.4 Å². The van der Waals surface area contributed by atoms with Crippen LogP contribution >= 0.6 is 37.2 Å². The molecule has 9 rings (SSSR count). The van der Waals surface area contributed by atoms with Gasteiger partial charge in [-0.15, -0.1) is 37.2 Å². The van der Waals surface area contributed by atoms with Crippen molar-refractivity contribution in [3.8, 4) is 33.4 Å². The molecule has 6 aromatic carbocycles. The summed E-state index contributed by atoms with van der Waals surface area (Å²) in [5.41, 5.74) is 31.0. The fraction of sp³-hybridized carbons (Fsp3) is 0.300. The van der Waals surface area contributed by atoms with Crippen LogP contribution in [0.5, 0.6) is 0 Å². The molecule has 3 amide bonds. The zero-order valence-corrected chi connectivity index (χ0v) is 48.0. The Kier molecular flexibility index (Phi) is 25.0. The number of ether oxygens (including phenoxy) is 6. The smallest absolute Gasteiger partial charge is 0.407 e. The second kappa shape index (κ2) is 30.8. The van der Waals surface area contributed by atoms with Crippen LogP contribution in [0, 0.1) is 0 Å². The molecule has 0 aliphatic heterocycles. The summed E-state index contributed by atoms with van der Waals surface area (Å²) in [6.45, 7) is 5.51. The molecule has 6 atom stereocenters. The molecule has 0 spiro atoms. The molecular weight excluding hydrogens is 1100 g/mol. The van der Waals surface area contributed by atoms with Crippen molar-refractivity contribution in [3.63, 3.8) is 0 Å². The number of carbonyl (C=O) groups is 6. The highest BCUT2D eigenvalue weighted by atomic mass is 35.5. The third-order valence-electron chi connectivity index (χ3n) is 14.1. The van der Waals surface area contributed by atoms with Crippen molar-refractivity contribution in [1.82, 2.24) is 16.0 Å². The van der Waals surface area contributed by atoms with Gasteiger partial charge in [0.25, 0.3) is 0 Å². The third-order valence-corrected chi connectivity index (χ3v) is 14.1. The van der Waals surface area contributed by atoms with E-state index < -0.39 is 72.4 Å². The van der Waals surface area contributed by atoms with Gasteiger partial charge in [0, 0.05) is 17.8 Å². The summed E-state index contributed by atoms with van der Waals surface area (Å²) in [5.74, 6) is -1.81. The molecule has 0 saturated carbocycles. The highest BCUT2D eigenvalue weighted by molar-refractivity contribution is 5.86. The minimum Gasteiger partial charge on any atom is -0.468 e. The van der Waals surface area contributed by atoms with Gasteiger partial charge in [0.05, 0.1) is 39.5 Å². The summed E-state index contributed by atoms with van der Waals surface area (Å²) in [7, 11) is 3.76. The molecule has 9 N–H and O–H groups in total. The molecule has 0 unspecified atom stereocenters. The maximum Gasteiger partial charge on any atom is 0.407 e. The van der Waals surface area contributed by atoms with E-state index >= 15 is 0 Å². The first-order valence-electron chi connectivity index (χ1n) is 25.4. The van der Waals surface area contributed by atoms with E-state index in [0.29, 0.717) is 0 Å². The molecule has 6 aromatic rings. The maximum absolute atomic E-state index is 12.1. The van der Waals surface area contributed by atoms with Gasteiger partial charge < -0.3 is 61.6 Å². The molecule has 432 valence electrons. The first-order chi connectivity index (χ1) is 37.6. The van der Waals surface area contributed by atoms with E-state index in [2.05, 4.69) is 103 Å². The molecule has 0 heterocycles. The van der Waals surface area contributed by atoms with Gasteiger partial charge in [-0.3, -0.25) is 14.4 Å². The lowest BCUT2D eigenvalue weighted by atomic mass is 9.98. The van der Waals surface area contributed by atoms with E-state index in [-0.39, 0.29) is 74.8 Å². The summed E-state index contributed by atoms with van der Waals surface area (Å²) >= 11 is 0. The number of amides is 3. The van der Waals surface area contributed by atoms with Crippen molar-refractivity contribution in [2.45, 2.75) is 74.8 Å². The van der Waals surface area contributed by atoms with E-state index in [0.717, 1.165) is 66.8 Å². The van der Waals surface area contributed by atoms with Crippen LogP contribution in [0.1, 0.15) is 71.9 Å². The first kappa shape index (κ1) is 65.8. The monoisotopic (exact) mass is 1170 g/mol. The van der Waals surface area contributed by atoms with Crippen molar-refractivity contribution >= 4 is 73.4 Å². The number of halogens is 3. The SMILES string of the molecule is COC(=O)[C@@H](N)[C@H](C)NC(=O)OCC1c2ccccc2-c2ccccc21.COC(=O)[C@H](N)[C@@H](C)NC(=O)OCC1c2ccccc2-c2ccccc21.COC(=O)[C@H](N)[C@H](C)NC(=O)OCC1c2ccccc2-c2ccccc21.Cl.Cl.Cl. The minimum absolute atomic E-state index is 0. The Bertz CT molecular complexity index is 2670. The third kappa shape index (κ3) is 15.6. The van der Waals surface area contributed by atoms with Gasteiger partial charge >= 0.3 is 36.2 Å². The Morgan fingerprint density at radius 1 is 0.358 bits per heavy atom. The number of esters is 3. The fourth-order valence-corrected chi connectivity index (χ4v) is 9.77. The number of fused-ring (bicyclic) bond motifs is 9. The van der Waals surface area contributed by atoms with Gasteiger partial charge in [-0.05, 0) is 87.5 Å². The van der Waals surface area contributed by atoms with Crippen LogP contribution in [0.15, 0.2) is 146 Å². The largest absolute Gasteiger partial charge is 0.468 e. The van der Waals surface area contributed by atoms with E-state index in [4.69, 9.17) is 31.4 Å². The number of nitrogens with one attached hydrogen (secondary N) is 3. The Morgan fingerprint density at radius 2 is 0.531 bits per heavy atom. The number of alkyl carbamates (subject to hydrolysis) is 3. The average Bonchev–Trinajstić information content (AvgIpc) is 4.33. The standard InChI is InChI=1S/3C20H22N2O4.3ClH/c3*1-12(18(21)19(23)25-2)22-20(24)26-11-17-15-9-5-3-7-13(15)14-8-4-6-10-16(14)17;;;/h3*3-10,12,17-18H,11,21H2,1-2H3,(H,22,24);3*1H/t12-,18+;2*12-,18-;;;/m010.../s1. The van der Waals surface area contributed by atoms with Gasteiger partial charge in [0.1, 0.15) is 37.9 Å². The van der Waals surface area contributed by atoms with E-state index in [9.17, 15) is 28.8 Å². The van der Waals surface area contributed by atoms with Crippen LogP contribution < -0.4 is 33.2 Å². The fourth-order valence-electron chi connectivity index (χ4n) is 9.77. The lowest BCUT2D eigenvalue weighted by Gasteiger charge is -2.20. The molecule has 81 heavy (non-hydrogen) atoms. The molecule has 3 aliphatic carbocycles. The van der Waals surface area contributed by atoms with Crippen LogP contribution in [0.4, 0.5) is 14.4 Å². The Hall–Kier alpha value is -7.71. The Balaban J connectivity index is 0.000000257. The number of hydrogen-bond acceptors (Lipinski definition) is 15. The zero-order chi connectivity index (χ0) is 56.0. The number of rotatable bonds is 15. The topological polar surface area (TPSA) is 272 Å². The van der Waals surface area contributed by atoms with Crippen LogP contribution in [-0.2, 0) is 42.8 Å². The molecule has 0 bridgehead atoms. The average molecular weight is 1170 g/mol. The van der Waals surface area contributed by atoms with Crippen LogP contribution in [0.3, 0.4) is 0 Å². The van der Waals surface area contributed by atoms with Gasteiger partial charge in [-0.25, -0.2) is 14.4 Å². The lowest BCUT2D eigenvalue weighted by molar-refractivity contribution is -0.143. The Labute approximate surface area is 489 Å². The summed E-state index contributed by atoms with van der Waals surface area (Å²) in [4.78, 5) is 70.6. The Morgan fingerprint density at radius 3 is 0.704 bits per heavy atom. The summed E-state index contributed by atoms with van der Waals surface area (Å²) in [6.07, 6.45) is -1.84. The molecule has 21 heteroatoms. The zero-order valence-electron chi connectivity index (χ0n) is 45.5. The highest BCUT2D eigenvalue weighted by Gasteiger charge is 2.33. The summed E-state index contributed by atoms with van der Waals surface area (Å²) in [5, 5.41) is 7.74. The second-order valence-corrected chi connectivity index (χ2v) is 18.9.